The van der Waals surface area contributed by atoms with E-state index in [-0.39, 0.29) is 35.2 Å². The number of hydrogen-bond donors (Lipinski definition) is 0. The highest BCUT2D eigenvalue weighted by Gasteiger charge is 2.36. The van der Waals surface area contributed by atoms with Crippen molar-refractivity contribution in [2.45, 2.75) is 71.2 Å². The summed E-state index contributed by atoms with van der Waals surface area (Å²) in [6, 6.07) is 2.81. The summed E-state index contributed by atoms with van der Waals surface area (Å²) < 4.78 is 61.0. The van der Waals surface area contributed by atoms with Crippen molar-refractivity contribution in [2.75, 3.05) is 32.9 Å². The van der Waals surface area contributed by atoms with Gasteiger partial charge in [0, 0.05) is 56.2 Å². The van der Waals surface area contributed by atoms with Crippen LogP contribution in [0.5, 0.6) is 5.88 Å². The monoisotopic (exact) mass is 623 g/mol. The SMILES string of the molecule is CC(C)(C)OC(=O)N1CCC(CCOc2ncc(-c3nc(Cl)nc4c3ccn4CC3CCOCC3)cc2C(F)(F)F)CC1. The van der Waals surface area contributed by atoms with Crippen molar-refractivity contribution in [3.8, 4) is 17.1 Å². The third-order valence-electron chi connectivity index (χ3n) is 7.85. The number of halogens is 4. The van der Waals surface area contributed by atoms with Crippen LogP contribution in [0.3, 0.4) is 0 Å². The number of likely N-dealkylation sites (tertiary alicyclic amines) is 1. The Balaban J connectivity index is 1.27. The molecule has 2 aliphatic heterocycles. The van der Waals surface area contributed by atoms with Gasteiger partial charge in [-0.2, -0.15) is 18.2 Å². The van der Waals surface area contributed by atoms with Crippen molar-refractivity contribution in [2.24, 2.45) is 11.8 Å². The summed E-state index contributed by atoms with van der Waals surface area (Å²) in [7, 11) is 0. The molecule has 3 aromatic rings. The van der Waals surface area contributed by atoms with Crippen LogP contribution in [0.4, 0.5) is 18.0 Å². The lowest BCUT2D eigenvalue weighted by Crippen LogP contribution is -2.41. The predicted octanol–water partition coefficient (Wildman–Crippen LogP) is 7.01. The maximum atomic E-state index is 14.2. The van der Waals surface area contributed by atoms with Gasteiger partial charge in [0.15, 0.2) is 0 Å². The molecule has 43 heavy (non-hydrogen) atoms. The smallest absolute Gasteiger partial charge is 0.421 e. The lowest BCUT2D eigenvalue weighted by Gasteiger charge is -2.33. The third kappa shape index (κ3) is 7.89. The van der Waals surface area contributed by atoms with Crippen LogP contribution in [-0.2, 0) is 22.2 Å². The minimum atomic E-state index is -4.69. The number of alkyl halides is 3. The normalized spacial score (nSPS) is 17.4. The molecule has 0 aliphatic carbocycles. The van der Waals surface area contributed by atoms with Gasteiger partial charge in [0.25, 0.3) is 0 Å². The first-order valence-corrected chi connectivity index (χ1v) is 15.0. The van der Waals surface area contributed by atoms with E-state index < -0.39 is 23.2 Å². The minimum absolute atomic E-state index is 0.0546. The molecule has 0 unspecified atom stereocenters. The lowest BCUT2D eigenvalue weighted by molar-refractivity contribution is -0.139. The fraction of sp³-hybridized carbons (Fsp3) is 0.600. The van der Waals surface area contributed by atoms with Crippen LogP contribution in [-0.4, -0.2) is 69.0 Å². The summed E-state index contributed by atoms with van der Waals surface area (Å²) >= 11 is 6.25. The molecule has 3 aromatic heterocycles. The fourth-order valence-corrected chi connectivity index (χ4v) is 5.73. The molecule has 0 bridgehead atoms. The van der Waals surface area contributed by atoms with Gasteiger partial charge < -0.3 is 23.7 Å². The predicted molar refractivity (Wildman–Crippen MR) is 155 cm³/mol. The van der Waals surface area contributed by atoms with Gasteiger partial charge in [0.2, 0.25) is 11.2 Å². The van der Waals surface area contributed by atoms with Crippen LogP contribution in [0.15, 0.2) is 24.5 Å². The Morgan fingerprint density at radius 1 is 1.09 bits per heavy atom. The van der Waals surface area contributed by atoms with Gasteiger partial charge in [-0.25, -0.2) is 14.8 Å². The third-order valence-corrected chi connectivity index (χ3v) is 8.02. The molecule has 0 N–H and O–H groups in total. The molecule has 0 aromatic carbocycles. The second-order valence-electron chi connectivity index (χ2n) is 12.2. The zero-order chi connectivity index (χ0) is 30.8. The van der Waals surface area contributed by atoms with Gasteiger partial charge in [-0.1, -0.05) is 0 Å². The van der Waals surface area contributed by atoms with Gasteiger partial charge in [-0.15, -0.1) is 0 Å². The van der Waals surface area contributed by atoms with Crippen molar-refractivity contribution >= 4 is 28.7 Å². The molecule has 9 nitrogen and oxygen atoms in total. The number of pyridine rings is 1. The van der Waals surface area contributed by atoms with Crippen LogP contribution in [0.25, 0.3) is 22.3 Å². The van der Waals surface area contributed by atoms with E-state index in [9.17, 15) is 18.0 Å². The molecule has 0 radical (unpaired) electrons. The molecule has 5 rings (SSSR count). The van der Waals surface area contributed by atoms with Gasteiger partial charge in [-0.05, 0) is 88.4 Å². The second-order valence-corrected chi connectivity index (χ2v) is 12.6. The van der Waals surface area contributed by atoms with Crippen LogP contribution in [0.2, 0.25) is 5.28 Å². The molecular formula is C30H37ClF3N5O4. The van der Waals surface area contributed by atoms with E-state index in [0.29, 0.717) is 56.2 Å². The highest BCUT2D eigenvalue weighted by atomic mass is 35.5. The number of fused-ring (bicyclic) bond motifs is 1. The van der Waals surface area contributed by atoms with E-state index in [4.69, 9.17) is 25.8 Å². The fourth-order valence-electron chi connectivity index (χ4n) is 5.57. The van der Waals surface area contributed by atoms with Crippen LogP contribution < -0.4 is 4.74 Å². The quantitative estimate of drug-likeness (QED) is 0.262. The first kappa shape index (κ1) is 31.3. The maximum Gasteiger partial charge on any atom is 0.421 e. The summed E-state index contributed by atoms with van der Waals surface area (Å²) in [5.74, 6) is 0.152. The Hall–Kier alpha value is -3.12. The number of hydrogen-bond acceptors (Lipinski definition) is 7. The van der Waals surface area contributed by atoms with Crippen molar-refractivity contribution in [1.29, 1.82) is 0 Å². The number of aromatic nitrogens is 4. The summed E-state index contributed by atoms with van der Waals surface area (Å²) in [5, 5.41) is 0.541. The number of piperidine rings is 1. The topological polar surface area (TPSA) is 91.6 Å². The molecule has 13 heteroatoms. The minimum Gasteiger partial charge on any atom is -0.477 e. The van der Waals surface area contributed by atoms with Gasteiger partial charge in [0.1, 0.15) is 16.8 Å². The van der Waals surface area contributed by atoms with E-state index >= 15 is 0 Å². The molecule has 0 atom stereocenters. The summed E-state index contributed by atoms with van der Waals surface area (Å²) in [4.78, 5) is 26.7. The summed E-state index contributed by atoms with van der Waals surface area (Å²) in [6.45, 7) is 8.72. The average molecular weight is 624 g/mol. The molecule has 5 heterocycles. The van der Waals surface area contributed by atoms with Crippen molar-refractivity contribution in [1.82, 2.24) is 24.4 Å². The highest BCUT2D eigenvalue weighted by Crippen LogP contribution is 2.39. The Bertz CT molecular complexity index is 1430. The summed E-state index contributed by atoms with van der Waals surface area (Å²) in [5.41, 5.74) is -0.529. The Labute approximate surface area is 253 Å². The summed E-state index contributed by atoms with van der Waals surface area (Å²) in [6.07, 6.45) is 2.00. The van der Waals surface area contributed by atoms with Crippen LogP contribution >= 0.6 is 11.6 Å². The Morgan fingerprint density at radius 2 is 1.81 bits per heavy atom. The van der Waals surface area contributed by atoms with Gasteiger partial charge in [0.05, 0.1) is 12.3 Å². The molecule has 2 fully saturated rings. The number of ether oxygens (including phenoxy) is 3. The van der Waals surface area contributed by atoms with E-state index in [1.165, 1.54) is 6.20 Å². The molecule has 0 spiro atoms. The van der Waals surface area contributed by atoms with Crippen LogP contribution in [0, 0.1) is 11.8 Å². The zero-order valence-electron chi connectivity index (χ0n) is 24.6. The number of amides is 1. The van der Waals surface area contributed by atoms with Gasteiger partial charge in [-0.3, -0.25) is 0 Å². The van der Waals surface area contributed by atoms with Crippen molar-refractivity contribution in [3.63, 3.8) is 0 Å². The Morgan fingerprint density at radius 3 is 2.49 bits per heavy atom. The molecule has 2 aliphatic rings. The second kappa shape index (κ2) is 12.9. The molecular weight excluding hydrogens is 587 g/mol. The molecule has 2 saturated heterocycles. The largest absolute Gasteiger partial charge is 0.477 e. The van der Waals surface area contributed by atoms with Crippen molar-refractivity contribution in [3.05, 3.63) is 35.4 Å². The maximum absolute atomic E-state index is 14.2. The van der Waals surface area contributed by atoms with E-state index in [0.717, 1.165) is 31.7 Å². The Kier molecular flexibility index (Phi) is 9.36. The van der Waals surface area contributed by atoms with E-state index in [2.05, 4.69) is 15.0 Å². The number of nitrogens with zero attached hydrogens (tertiary/aromatic N) is 5. The number of rotatable bonds is 7. The average Bonchev–Trinajstić information content (AvgIpc) is 3.34. The first-order chi connectivity index (χ1) is 20.4. The molecule has 1 amide bonds. The zero-order valence-corrected chi connectivity index (χ0v) is 25.4. The molecule has 0 saturated carbocycles. The standard InChI is InChI=1S/C30H37ClF3N5O4/c1-29(2,3)43-28(40)38-10-4-19(5-11-38)9-15-42-26-23(30(32,33)34)16-21(17-35-26)24-22-6-12-39(25(22)37-27(31)36-24)18-20-7-13-41-14-8-20/h6,12,16-17,19-20H,4-5,7-11,13-15,18H2,1-3H3. The van der Waals surface area contributed by atoms with E-state index in [1.807, 2.05) is 31.5 Å². The van der Waals surface area contributed by atoms with E-state index in [1.54, 1.807) is 11.0 Å². The van der Waals surface area contributed by atoms with Crippen LogP contribution in [0.1, 0.15) is 58.4 Å². The van der Waals surface area contributed by atoms with Gasteiger partial charge >= 0.3 is 12.3 Å². The van der Waals surface area contributed by atoms with Crippen molar-refractivity contribution < 1.29 is 32.2 Å². The number of carbonyl (C=O) groups is 1. The molecule has 234 valence electrons. The lowest BCUT2D eigenvalue weighted by atomic mass is 9.94. The highest BCUT2D eigenvalue weighted by molar-refractivity contribution is 6.28. The first-order valence-electron chi connectivity index (χ1n) is 14.7. The number of carbonyl (C=O) groups excluding carboxylic acids is 1.